The van der Waals surface area contributed by atoms with Crippen molar-refractivity contribution in [2.45, 2.75) is 44.7 Å². The number of carbonyl (C=O) groups excluding carboxylic acids is 1. The van der Waals surface area contributed by atoms with Crippen molar-refractivity contribution in [2.24, 2.45) is 0 Å². The molecule has 1 aliphatic carbocycles. The molecule has 1 heterocycles. The van der Waals surface area contributed by atoms with Crippen LogP contribution in [0.4, 0.5) is 5.69 Å². The number of anilines is 1. The highest BCUT2D eigenvalue weighted by atomic mass is 16.1. The number of amides is 1. The highest BCUT2D eigenvalue weighted by Gasteiger charge is 2.23. The first-order valence-electron chi connectivity index (χ1n) is 8.54. The number of rotatable bonds is 5. The SMILES string of the molecule is CC(NC(=O)c1cccc(N(C)C)c1)c1nncn1C1CCCC1. The summed E-state index contributed by atoms with van der Waals surface area (Å²) in [6.45, 7) is 1.96. The third-order valence-electron chi connectivity index (χ3n) is 4.68. The molecular formula is C18H25N5O. The van der Waals surface area contributed by atoms with E-state index in [9.17, 15) is 4.79 Å². The van der Waals surface area contributed by atoms with Gasteiger partial charge in [-0.15, -0.1) is 10.2 Å². The summed E-state index contributed by atoms with van der Waals surface area (Å²) in [7, 11) is 3.92. The minimum absolute atomic E-state index is 0.0906. The fourth-order valence-corrected chi connectivity index (χ4v) is 3.30. The zero-order valence-electron chi connectivity index (χ0n) is 14.6. The third-order valence-corrected chi connectivity index (χ3v) is 4.68. The second-order valence-corrected chi connectivity index (χ2v) is 6.67. The van der Waals surface area contributed by atoms with E-state index in [-0.39, 0.29) is 11.9 Å². The first-order chi connectivity index (χ1) is 11.6. The van der Waals surface area contributed by atoms with Gasteiger partial charge in [0.1, 0.15) is 6.33 Å². The minimum Gasteiger partial charge on any atom is -0.378 e. The standard InChI is InChI=1S/C18H25N5O/c1-13(17-21-19-12-23(17)15-8-4-5-9-15)20-18(24)14-7-6-10-16(11-14)22(2)3/h6-7,10-13,15H,4-5,8-9H2,1-3H3,(H,20,24). The average molecular weight is 327 g/mol. The molecule has 0 spiro atoms. The summed E-state index contributed by atoms with van der Waals surface area (Å²) in [4.78, 5) is 14.6. The lowest BCUT2D eigenvalue weighted by Gasteiger charge is -2.19. The van der Waals surface area contributed by atoms with Crippen LogP contribution in [-0.4, -0.2) is 34.8 Å². The molecule has 24 heavy (non-hydrogen) atoms. The zero-order valence-corrected chi connectivity index (χ0v) is 14.6. The Morgan fingerprint density at radius 3 is 2.79 bits per heavy atom. The Hall–Kier alpha value is -2.37. The van der Waals surface area contributed by atoms with Crippen LogP contribution in [0.2, 0.25) is 0 Å². The van der Waals surface area contributed by atoms with E-state index in [1.807, 2.05) is 50.2 Å². The van der Waals surface area contributed by atoms with Gasteiger partial charge in [-0.05, 0) is 38.0 Å². The minimum atomic E-state index is -0.177. The quantitative estimate of drug-likeness (QED) is 0.917. The van der Waals surface area contributed by atoms with Crippen molar-refractivity contribution >= 4 is 11.6 Å². The van der Waals surface area contributed by atoms with E-state index in [2.05, 4.69) is 20.1 Å². The predicted molar refractivity (Wildman–Crippen MR) is 94.2 cm³/mol. The fourth-order valence-electron chi connectivity index (χ4n) is 3.30. The normalized spacial score (nSPS) is 16.1. The maximum absolute atomic E-state index is 12.6. The van der Waals surface area contributed by atoms with Gasteiger partial charge in [0, 0.05) is 31.4 Å². The van der Waals surface area contributed by atoms with Crippen molar-refractivity contribution in [3.8, 4) is 0 Å². The number of nitrogens with zero attached hydrogens (tertiary/aromatic N) is 4. The molecule has 1 aromatic carbocycles. The van der Waals surface area contributed by atoms with Crippen molar-refractivity contribution in [3.63, 3.8) is 0 Å². The zero-order chi connectivity index (χ0) is 17.1. The molecule has 1 fully saturated rings. The summed E-state index contributed by atoms with van der Waals surface area (Å²) in [5.41, 5.74) is 1.66. The Balaban J connectivity index is 1.73. The lowest BCUT2D eigenvalue weighted by molar-refractivity contribution is 0.0937. The molecule has 1 saturated carbocycles. The van der Waals surface area contributed by atoms with E-state index in [4.69, 9.17) is 0 Å². The molecule has 0 saturated heterocycles. The van der Waals surface area contributed by atoms with Gasteiger partial charge < -0.3 is 14.8 Å². The van der Waals surface area contributed by atoms with E-state index in [0.29, 0.717) is 11.6 Å². The second kappa shape index (κ2) is 7.03. The second-order valence-electron chi connectivity index (χ2n) is 6.67. The maximum Gasteiger partial charge on any atom is 0.251 e. The monoisotopic (exact) mass is 327 g/mol. The molecular weight excluding hydrogens is 302 g/mol. The van der Waals surface area contributed by atoms with Crippen LogP contribution in [0.1, 0.15) is 60.9 Å². The summed E-state index contributed by atoms with van der Waals surface area (Å²) in [5.74, 6) is 0.742. The number of aromatic nitrogens is 3. The summed E-state index contributed by atoms with van der Waals surface area (Å²) < 4.78 is 2.13. The molecule has 1 amide bonds. The topological polar surface area (TPSA) is 63.1 Å². The van der Waals surface area contributed by atoms with E-state index in [1.165, 1.54) is 12.8 Å². The van der Waals surface area contributed by atoms with Crippen molar-refractivity contribution in [3.05, 3.63) is 42.0 Å². The van der Waals surface area contributed by atoms with Crippen LogP contribution in [0.25, 0.3) is 0 Å². The Morgan fingerprint density at radius 1 is 1.33 bits per heavy atom. The Morgan fingerprint density at radius 2 is 2.08 bits per heavy atom. The summed E-state index contributed by atoms with van der Waals surface area (Å²) in [6, 6.07) is 7.89. The molecule has 3 rings (SSSR count). The van der Waals surface area contributed by atoms with Crippen LogP contribution < -0.4 is 10.2 Å². The molecule has 1 unspecified atom stereocenters. The molecule has 6 heteroatoms. The van der Waals surface area contributed by atoms with Gasteiger partial charge in [-0.2, -0.15) is 0 Å². The third kappa shape index (κ3) is 3.42. The lowest BCUT2D eigenvalue weighted by atomic mass is 10.1. The van der Waals surface area contributed by atoms with Gasteiger partial charge in [0.05, 0.1) is 6.04 Å². The number of carbonyl (C=O) groups is 1. The van der Waals surface area contributed by atoms with Crippen LogP contribution in [0.15, 0.2) is 30.6 Å². The van der Waals surface area contributed by atoms with Crippen molar-refractivity contribution in [1.82, 2.24) is 20.1 Å². The maximum atomic E-state index is 12.6. The molecule has 128 valence electrons. The van der Waals surface area contributed by atoms with Gasteiger partial charge in [0.2, 0.25) is 0 Å². The van der Waals surface area contributed by atoms with Crippen LogP contribution in [0, 0.1) is 0 Å². The fraction of sp³-hybridized carbons (Fsp3) is 0.500. The molecule has 0 radical (unpaired) electrons. The first kappa shape index (κ1) is 16.5. The van der Waals surface area contributed by atoms with Gasteiger partial charge in [-0.1, -0.05) is 18.9 Å². The number of nitrogens with one attached hydrogen (secondary N) is 1. The van der Waals surface area contributed by atoms with E-state index >= 15 is 0 Å². The first-order valence-corrected chi connectivity index (χ1v) is 8.54. The van der Waals surface area contributed by atoms with Gasteiger partial charge >= 0.3 is 0 Å². The smallest absolute Gasteiger partial charge is 0.251 e. The molecule has 1 N–H and O–H groups in total. The van der Waals surface area contributed by atoms with Crippen LogP contribution in [0.5, 0.6) is 0 Å². The van der Waals surface area contributed by atoms with Crippen molar-refractivity contribution in [1.29, 1.82) is 0 Å². The molecule has 1 aliphatic rings. The molecule has 1 atom stereocenters. The largest absolute Gasteiger partial charge is 0.378 e. The Bertz CT molecular complexity index is 703. The summed E-state index contributed by atoms with van der Waals surface area (Å²) >= 11 is 0. The number of hydrogen-bond acceptors (Lipinski definition) is 4. The average Bonchev–Trinajstić information content (AvgIpc) is 3.25. The highest BCUT2D eigenvalue weighted by Crippen LogP contribution is 2.31. The molecule has 6 nitrogen and oxygen atoms in total. The van der Waals surface area contributed by atoms with Crippen LogP contribution >= 0.6 is 0 Å². The Labute approximate surface area is 142 Å². The lowest BCUT2D eigenvalue weighted by Crippen LogP contribution is -2.29. The van der Waals surface area contributed by atoms with Gasteiger partial charge in [-0.25, -0.2) is 0 Å². The molecule has 1 aromatic heterocycles. The Kier molecular flexibility index (Phi) is 4.83. The van der Waals surface area contributed by atoms with Crippen molar-refractivity contribution in [2.75, 3.05) is 19.0 Å². The van der Waals surface area contributed by atoms with Crippen LogP contribution in [0.3, 0.4) is 0 Å². The predicted octanol–water partition coefficient (Wildman–Crippen LogP) is 2.95. The van der Waals surface area contributed by atoms with E-state index in [0.717, 1.165) is 24.4 Å². The van der Waals surface area contributed by atoms with Gasteiger partial charge in [0.15, 0.2) is 5.82 Å². The summed E-state index contributed by atoms with van der Waals surface area (Å²) in [6.07, 6.45) is 6.62. The van der Waals surface area contributed by atoms with Crippen molar-refractivity contribution < 1.29 is 4.79 Å². The molecule has 0 bridgehead atoms. The van der Waals surface area contributed by atoms with Gasteiger partial charge in [-0.3, -0.25) is 4.79 Å². The summed E-state index contributed by atoms with van der Waals surface area (Å²) in [5, 5.41) is 11.4. The van der Waals surface area contributed by atoms with E-state index < -0.39 is 0 Å². The number of hydrogen-bond donors (Lipinski definition) is 1. The van der Waals surface area contributed by atoms with Gasteiger partial charge in [0.25, 0.3) is 5.91 Å². The molecule has 0 aliphatic heterocycles. The van der Waals surface area contributed by atoms with Crippen LogP contribution in [-0.2, 0) is 0 Å². The molecule has 2 aromatic rings. The highest BCUT2D eigenvalue weighted by molar-refractivity contribution is 5.95. The number of benzene rings is 1. The van der Waals surface area contributed by atoms with E-state index in [1.54, 1.807) is 6.33 Å².